The van der Waals surface area contributed by atoms with Crippen LogP contribution in [0.15, 0.2) is 41.4 Å². The van der Waals surface area contributed by atoms with Crippen molar-refractivity contribution >= 4 is 6.21 Å². The summed E-state index contributed by atoms with van der Waals surface area (Å²) in [6, 6.07) is 3.91. The summed E-state index contributed by atoms with van der Waals surface area (Å²) in [7, 11) is 1.64. The number of fused-ring (bicyclic) bond motifs is 3. The van der Waals surface area contributed by atoms with Gasteiger partial charge in [0.15, 0.2) is 11.5 Å². The van der Waals surface area contributed by atoms with Crippen LogP contribution in [0.4, 0.5) is 0 Å². The highest BCUT2D eigenvalue weighted by Gasteiger charge is 2.39. The van der Waals surface area contributed by atoms with Crippen molar-refractivity contribution in [2.75, 3.05) is 13.7 Å². The molecular formula is C18H21NO3. The second kappa shape index (κ2) is 5.97. The summed E-state index contributed by atoms with van der Waals surface area (Å²) in [5.74, 6) is 1.64. The zero-order chi connectivity index (χ0) is 15.7. The number of methoxy groups -OCH3 is 1. The lowest BCUT2D eigenvalue weighted by Gasteiger charge is -2.23. The molecule has 0 saturated heterocycles. The third-order valence-electron chi connectivity index (χ3n) is 4.02. The van der Waals surface area contributed by atoms with Gasteiger partial charge < -0.3 is 14.6 Å². The molecule has 0 aromatic heterocycles. The van der Waals surface area contributed by atoms with Gasteiger partial charge in [-0.25, -0.2) is 0 Å². The van der Waals surface area contributed by atoms with Gasteiger partial charge in [-0.15, -0.1) is 0 Å². The lowest BCUT2D eigenvalue weighted by molar-refractivity contribution is 0.117. The van der Waals surface area contributed by atoms with Gasteiger partial charge >= 0.3 is 0 Å². The first-order chi connectivity index (χ1) is 10.6. The van der Waals surface area contributed by atoms with E-state index >= 15 is 0 Å². The number of aliphatic imine (C=N–C) groups is 1. The van der Waals surface area contributed by atoms with Gasteiger partial charge in [0.05, 0.1) is 19.8 Å². The van der Waals surface area contributed by atoms with E-state index in [-0.39, 0.29) is 12.0 Å². The number of rotatable bonds is 4. The maximum absolute atomic E-state index is 9.80. The van der Waals surface area contributed by atoms with Crippen LogP contribution in [0.3, 0.4) is 0 Å². The van der Waals surface area contributed by atoms with Crippen molar-refractivity contribution < 1.29 is 14.6 Å². The molecule has 1 aromatic rings. The summed E-state index contributed by atoms with van der Waals surface area (Å²) >= 11 is 0. The van der Waals surface area contributed by atoms with Gasteiger partial charge in [-0.05, 0) is 19.1 Å². The van der Waals surface area contributed by atoms with Crippen molar-refractivity contribution in [1.82, 2.24) is 0 Å². The van der Waals surface area contributed by atoms with Crippen LogP contribution in [-0.2, 0) is 0 Å². The molecule has 1 aliphatic carbocycles. The van der Waals surface area contributed by atoms with Crippen molar-refractivity contribution in [1.29, 1.82) is 0 Å². The highest BCUT2D eigenvalue weighted by Crippen LogP contribution is 2.48. The molecule has 1 aliphatic heterocycles. The average molecular weight is 299 g/mol. The second-order valence-electron chi connectivity index (χ2n) is 5.90. The van der Waals surface area contributed by atoms with Crippen LogP contribution in [-0.4, -0.2) is 37.2 Å². The summed E-state index contributed by atoms with van der Waals surface area (Å²) in [6.45, 7) is 6.44. The van der Waals surface area contributed by atoms with Crippen molar-refractivity contribution in [2.45, 2.75) is 31.5 Å². The number of benzene rings is 1. The minimum absolute atomic E-state index is 0.0420. The van der Waals surface area contributed by atoms with Crippen molar-refractivity contribution in [3.8, 4) is 11.5 Å². The smallest absolute Gasteiger partial charge is 0.166 e. The Morgan fingerprint density at radius 1 is 1.50 bits per heavy atom. The van der Waals surface area contributed by atoms with E-state index in [0.717, 1.165) is 28.2 Å². The number of hydrogen-bond acceptors (Lipinski definition) is 4. The van der Waals surface area contributed by atoms with E-state index in [2.05, 4.69) is 11.6 Å². The topological polar surface area (TPSA) is 51.0 Å². The Bertz CT molecular complexity index is 648. The first-order valence-electron chi connectivity index (χ1n) is 7.48. The van der Waals surface area contributed by atoms with Gasteiger partial charge in [-0.1, -0.05) is 24.3 Å². The van der Waals surface area contributed by atoms with E-state index in [4.69, 9.17) is 9.47 Å². The molecule has 3 rings (SSSR count). The van der Waals surface area contributed by atoms with E-state index in [9.17, 15) is 5.11 Å². The van der Waals surface area contributed by atoms with Crippen LogP contribution in [0.5, 0.6) is 11.5 Å². The van der Waals surface area contributed by atoms with Crippen LogP contribution < -0.4 is 9.47 Å². The Balaban J connectivity index is 2.01. The molecule has 0 amide bonds. The van der Waals surface area contributed by atoms with Crippen molar-refractivity contribution in [3.63, 3.8) is 0 Å². The molecule has 3 atom stereocenters. The Labute approximate surface area is 130 Å². The van der Waals surface area contributed by atoms with Gasteiger partial charge in [-0.3, -0.25) is 4.99 Å². The molecule has 2 aliphatic rings. The fourth-order valence-electron chi connectivity index (χ4n) is 3.02. The standard InChI is InChI=1S/C18H21NO3/c1-11(2)9-19-10-12-4-7-15(21-3)18-17(12)14-6-5-13(20)8-16(14)22-18/h4-7,10,13-14,16,20H,1,8-9H2,2-3H3/t13-,14?,16-/m0/s1. The Morgan fingerprint density at radius 2 is 2.32 bits per heavy atom. The second-order valence-corrected chi connectivity index (χ2v) is 5.90. The van der Waals surface area contributed by atoms with Crippen molar-refractivity contribution in [2.24, 2.45) is 4.99 Å². The van der Waals surface area contributed by atoms with E-state index in [1.54, 1.807) is 7.11 Å². The van der Waals surface area contributed by atoms with Gasteiger partial charge in [-0.2, -0.15) is 0 Å². The zero-order valence-electron chi connectivity index (χ0n) is 13.0. The molecule has 0 radical (unpaired) electrons. The summed E-state index contributed by atoms with van der Waals surface area (Å²) in [5, 5.41) is 9.80. The molecule has 1 unspecified atom stereocenters. The molecular weight excluding hydrogens is 278 g/mol. The number of aliphatic hydroxyl groups excluding tert-OH is 1. The Hall–Kier alpha value is -2.07. The minimum atomic E-state index is -0.443. The molecule has 4 nitrogen and oxygen atoms in total. The molecule has 4 heteroatoms. The largest absolute Gasteiger partial charge is 0.493 e. The quantitative estimate of drug-likeness (QED) is 0.687. The van der Waals surface area contributed by atoms with Crippen LogP contribution in [0.2, 0.25) is 0 Å². The molecule has 0 bridgehead atoms. The number of aliphatic hydroxyl groups is 1. The molecule has 1 heterocycles. The lowest BCUT2D eigenvalue weighted by Crippen LogP contribution is -2.27. The molecule has 22 heavy (non-hydrogen) atoms. The SMILES string of the molecule is C=C(C)CN=Cc1ccc(OC)c2c1C1C=C[C@H](O)C[C@@H]1O2. The van der Waals surface area contributed by atoms with Crippen LogP contribution in [0.25, 0.3) is 0 Å². The first kappa shape index (κ1) is 14.9. The summed E-state index contributed by atoms with van der Waals surface area (Å²) < 4.78 is 11.5. The molecule has 116 valence electrons. The Morgan fingerprint density at radius 3 is 3.05 bits per heavy atom. The van der Waals surface area contributed by atoms with E-state index in [1.165, 1.54) is 0 Å². The minimum Gasteiger partial charge on any atom is -0.493 e. The molecule has 1 N–H and O–H groups in total. The summed E-state index contributed by atoms with van der Waals surface area (Å²) in [6.07, 6.45) is 5.86. The molecule has 0 saturated carbocycles. The molecule has 0 fully saturated rings. The summed E-state index contributed by atoms with van der Waals surface area (Å²) in [4.78, 5) is 4.43. The fourth-order valence-corrected chi connectivity index (χ4v) is 3.02. The zero-order valence-corrected chi connectivity index (χ0v) is 13.0. The van der Waals surface area contributed by atoms with Crippen LogP contribution in [0, 0.1) is 0 Å². The van der Waals surface area contributed by atoms with Gasteiger partial charge in [0, 0.05) is 29.7 Å². The predicted molar refractivity (Wildman–Crippen MR) is 87.2 cm³/mol. The maximum atomic E-state index is 9.80. The Kier molecular flexibility index (Phi) is 4.03. The number of ether oxygens (including phenoxy) is 2. The highest BCUT2D eigenvalue weighted by molar-refractivity contribution is 5.85. The summed E-state index contributed by atoms with van der Waals surface area (Å²) in [5.41, 5.74) is 3.15. The van der Waals surface area contributed by atoms with Crippen LogP contribution in [0.1, 0.15) is 30.4 Å². The van der Waals surface area contributed by atoms with Gasteiger partial charge in [0.2, 0.25) is 0 Å². The lowest BCUT2D eigenvalue weighted by atomic mass is 9.85. The monoisotopic (exact) mass is 299 g/mol. The van der Waals surface area contributed by atoms with Gasteiger partial charge in [0.25, 0.3) is 0 Å². The third kappa shape index (κ3) is 2.66. The predicted octanol–water partition coefficient (Wildman–Crippen LogP) is 2.86. The molecule has 0 spiro atoms. The number of hydrogen-bond donors (Lipinski definition) is 1. The van der Waals surface area contributed by atoms with Gasteiger partial charge in [0.1, 0.15) is 6.10 Å². The maximum Gasteiger partial charge on any atom is 0.166 e. The van der Waals surface area contributed by atoms with E-state index < -0.39 is 6.10 Å². The third-order valence-corrected chi connectivity index (χ3v) is 4.02. The average Bonchev–Trinajstić information content (AvgIpc) is 2.85. The normalized spacial score (nSPS) is 25.7. The van der Waals surface area contributed by atoms with Crippen LogP contribution >= 0.6 is 0 Å². The van der Waals surface area contributed by atoms with E-state index in [0.29, 0.717) is 13.0 Å². The first-order valence-corrected chi connectivity index (χ1v) is 7.48. The fraction of sp³-hybridized carbons (Fsp3) is 0.389. The number of nitrogens with zero attached hydrogens (tertiary/aromatic N) is 1. The van der Waals surface area contributed by atoms with E-state index in [1.807, 2.05) is 37.4 Å². The highest BCUT2D eigenvalue weighted by atomic mass is 16.5. The molecule has 1 aromatic carbocycles. The van der Waals surface area contributed by atoms with Crippen molar-refractivity contribution in [3.05, 3.63) is 47.6 Å².